The lowest BCUT2D eigenvalue weighted by atomic mass is 9.97. The Morgan fingerprint density at radius 2 is 2.19 bits per heavy atom. The predicted octanol–water partition coefficient (Wildman–Crippen LogP) is 3.45. The summed E-state index contributed by atoms with van der Waals surface area (Å²) in [5.41, 5.74) is 0.101. The topological polar surface area (TPSA) is 95.9 Å². The predicted molar refractivity (Wildman–Crippen MR) is 106 cm³/mol. The summed E-state index contributed by atoms with van der Waals surface area (Å²) in [5, 5.41) is 15.4. The van der Waals surface area contributed by atoms with Crippen LogP contribution in [0.2, 0.25) is 5.02 Å². The molecule has 0 fully saturated rings. The van der Waals surface area contributed by atoms with Gasteiger partial charge in [0, 0.05) is 25.1 Å². The zero-order valence-electron chi connectivity index (χ0n) is 15.2. The molecule has 3 N–H and O–H groups in total. The summed E-state index contributed by atoms with van der Waals surface area (Å²) in [5.74, 6) is 1.56. The van der Waals surface area contributed by atoms with E-state index < -0.39 is 5.60 Å². The molecule has 0 radical (unpaired) electrons. The number of aliphatic hydroxyl groups is 1. The van der Waals surface area contributed by atoms with Gasteiger partial charge in [0.1, 0.15) is 23.0 Å². The number of halogens is 1. The molecule has 0 spiro atoms. The Labute approximate surface area is 166 Å². The summed E-state index contributed by atoms with van der Waals surface area (Å²) in [7, 11) is 1.58. The number of thioether (sulfide) groups is 1. The van der Waals surface area contributed by atoms with E-state index in [-0.39, 0.29) is 0 Å². The molecule has 0 aliphatic rings. The van der Waals surface area contributed by atoms with E-state index in [4.69, 9.17) is 16.3 Å². The monoisotopic (exact) mass is 405 g/mol. The lowest BCUT2D eigenvalue weighted by Crippen LogP contribution is -2.27. The van der Waals surface area contributed by atoms with Crippen LogP contribution in [0.1, 0.15) is 23.9 Å². The van der Waals surface area contributed by atoms with Gasteiger partial charge in [0.25, 0.3) is 0 Å². The van der Waals surface area contributed by atoms with Gasteiger partial charge in [-0.05, 0) is 30.9 Å². The average molecular weight is 406 g/mol. The number of ether oxygens (including phenoxy) is 1. The number of hydrogen-bond donors (Lipinski definition) is 3. The van der Waals surface area contributed by atoms with Crippen molar-refractivity contribution in [1.29, 1.82) is 0 Å². The lowest BCUT2D eigenvalue weighted by Gasteiger charge is -2.24. The van der Waals surface area contributed by atoms with Crippen molar-refractivity contribution >= 4 is 29.2 Å². The molecular formula is C18H20ClN5O2S. The molecule has 3 rings (SSSR count). The van der Waals surface area contributed by atoms with Gasteiger partial charge in [0.2, 0.25) is 0 Å². The van der Waals surface area contributed by atoms with Crippen molar-refractivity contribution in [3.8, 4) is 5.75 Å². The van der Waals surface area contributed by atoms with Gasteiger partial charge in [0.15, 0.2) is 5.16 Å². The molecule has 0 saturated carbocycles. The average Bonchev–Trinajstić information content (AvgIpc) is 3.22. The Morgan fingerprint density at radius 3 is 2.81 bits per heavy atom. The van der Waals surface area contributed by atoms with Crippen LogP contribution < -0.4 is 10.1 Å². The first-order chi connectivity index (χ1) is 13.0. The maximum atomic E-state index is 11.0. The summed E-state index contributed by atoms with van der Waals surface area (Å²) in [6.45, 7) is 2.12. The fourth-order valence-corrected chi connectivity index (χ4v) is 3.24. The number of benzene rings is 1. The van der Waals surface area contributed by atoms with Crippen molar-refractivity contribution in [3.05, 3.63) is 58.8 Å². The van der Waals surface area contributed by atoms with Crippen LogP contribution in [0.15, 0.2) is 41.9 Å². The molecule has 0 amide bonds. The van der Waals surface area contributed by atoms with Gasteiger partial charge in [-0.15, -0.1) is 0 Å². The summed E-state index contributed by atoms with van der Waals surface area (Å²) < 4.78 is 5.18. The van der Waals surface area contributed by atoms with Crippen LogP contribution in [-0.4, -0.2) is 38.4 Å². The molecule has 0 saturated heterocycles. The number of hydrogen-bond acceptors (Lipinski definition) is 7. The van der Waals surface area contributed by atoms with E-state index in [0.29, 0.717) is 39.7 Å². The molecule has 1 aromatic carbocycles. The third-order valence-electron chi connectivity index (χ3n) is 4.11. The van der Waals surface area contributed by atoms with E-state index in [2.05, 4.69) is 25.3 Å². The molecule has 1 atom stereocenters. The fourth-order valence-electron chi connectivity index (χ4n) is 2.62. The molecule has 2 aromatic heterocycles. The Hall–Kier alpha value is -2.29. The second-order valence-electron chi connectivity index (χ2n) is 5.95. The van der Waals surface area contributed by atoms with Gasteiger partial charge in [0.05, 0.1) is 17.7 Å². The van der Waals surface area contributed by atoms with Crippen molar-refractivity contribution in [3.63, 3.8) is 0 Å². The highest BCUT2D eigenvalue weighted by Crippen LogP contribution is 2.32. The molecule has 1 unspecified atom stereocenters. The first-order valence-corrected chi connectivity index (χ1v) is 9.76. The van der Waals surface area contributed by atoms with E-state index in [9.17, 15) is 5.11 Å². The minimum absolute atomic E-state index is 0.415. The largest absolute Gasteiger partial charge is 0.495 e. The van der Waals surface area contributed by atoms with Crippen LogP contribution in [0.3, 0.4) is 0 Å². The van der Waals surface area contributed by atoms with Gasteiger partial charge in [-0.3, -0.25) is 0 Å². The molecular weight excluding hydrogens is 386 g/mol. The highest BCUT2D eigenvalue weighted by Gasteiger charge is 2.32. The van der Waals surface area contributed by atoms with E-state index >= 15 is 0 Å². The van der Waals surface area contributed by atoms with Gasteiger partial charge in [-0.25, -0.2) is 15.0 Å². The third-order valence-corrected chi connectivity index (χ3v) is 4.97. The summed E-state index contributed by atoms with van der Waals surface area (Å²) in [6, 6.07) is 5.56. The maximum Gasteiger partial charge on any atom is 0.189 e. The number of nitrogens with zero attached hydrogens (tertiary/aromatic N) is 3. The Balaban J connectivity index is 1.91. The molecule has 0 bridgehead atoms. The van der Waals surface area contributed by atoms with Crippen LogP contribution >= 0.6 is 23.4 Å². The number of imidazole rings is 1. The molecule has 2 heterocycles. The molecule has 27 heavy (non-hydrogen) atoms. The number of aromatic nitrogens is 4. The molecule has 0 aliphatic carbocycles. The van der Waals surface area contributed by atoms with E-state index in [1.165, 1.54) is 11.8 Å². The Bertz CT molecular complexity index is 918. The second kappa shape index (κ2) is 8.16. The number of rotatable bonds is 7. The van der Waals surface area contributed by atoms with E-state index in [1.807, 2.05) is 24.5 Å². The first-order valence-electron chi connectivity index (χ1n) is 8.15. The SMILES string of the molecule is COc1ccc(CNc2nc(SC)ncc2C(C)(O)c2ncc[nH]2)cc1Cl. The van der Waals surface area contributed by atoms with Crippen LogP contribution in [0.25, 0.3) is 0 Å². The zero-order valence-corrected chi connectivity index (χ0v) is 16.7. The van der Waals surface area contributed by atoms with Crippen LogP contribution in [0.4, 0.5) is 5.82 Å². The second-order valence-corrected chi connectivity index (χ2v) is 7.13. The van der Waals surface area contributed by atoms with Crippen LogP contribution in [0, 0.1) is 0 Å². The highest BCUT2D eigenvalue weighted by atomic mass is 35.5. The molecule has 3 aromatic rings. The van der Waals surface area contributed by atoms with Crippen molar-refractivity contribution < 1.29 is 9.84 Å². The highest BCUT2D eigenvalue weighted by molar-refractivity contribution is 7.98. The van der Waals surface area contributed by atoms with Crippen molar-refractivity contribution in [2.24, 2.45) is 0 Å². The normalized spacial score (nSPS) is 13.2. The van der Waals surface area contributed by atoms with Crippen LogP contribution in [-0.2, 0) is 12.1 Å². The molecule has 7 nitrogen and oxygen atoms in total. The third kappa shape index (κ3) is 4.18. The van der Waals surface area contributed by atoms with Gasteiger partial charge in [-0.2, -0.15) is 0 Å². The molecule has 0 aliphatic heterocycles. The van der Waals surface area contributed by atoms with Gasteiger partial charge < -0.3 is 20.1 Å². The minimum atomic E-state index is -1.37. The maximum absolute atomic E-state index is 11.0. The van der Waals surface area contributed by atoms with E-state index in [1.54, 1.807) is 32.6 Å². The number of aromatic amines is 1. The zero-order chi connectivity index (χ0) is 19.4. The summed E-state index contributed by atoms with van der Waals surface area (Å²) >= 11 is 7.62. The quantitative estimate of drug-likeness (QED) is 0.409. The smallest absolute Gasteiger partial charge is 0.189 e. The van der Waals surface area contributed by atoms with Crippen molar-refractivity contribution in [2.45, 2.75) is 24.2 Å². The number of nitrogens with one attached hydrogen (secondary N) is 2. The van der Waals surface area contributed by atoms with Crippen molar-refractivity contribution in [2.75, 3.05) is 18.7 Å². The number of anilines is 1. The van der Waals surface area contributed by atoms with Crippen LogP contribution in [0.5, 0.6) is 5.75 Å². The molecule has 142 valence electrons. The molecule has 9 heteroatoms. The van der Waals surface area contributed by atoms with Gasteiger partial charge >= 0.3 is 0 Å². The standard InChI is InChI=1S/C18H20ClN5O2S/c1-18(25,16-20-6-7-21-16)12-10-23-17(27-3)24-15(12)22-9-11-4-5-14(26-2)13(19)8-11/h4-8,10,25H,9H2,1-3H3,(H,20,21)(H,22,23,24). The van der Waals surface area contributed by atoms with Gasteiger partial charge in [-0.1, -0.05) is 29.4 Å². The minimum Gasteiger partial charge on any atom is -0.495 e. The lowest BCUT2D eigenvalue weighted by molar-refractivity contribution is 0.0930. The first kappa shape index (κ1) is 19.5. The Morgan fingerprint density at radius 1 is 1.37 bits per heavy atom. The number of H-pyrrole nitrogens is 1. The fraction of sp³-hybridized carbons (Fsp3) is 0.278. The number of methoxy groups -OCH3 is 1. The van der Waals surface area contributed by atoms with Crippen molar-refractivity contribution in [1.82, 2.24) is 19.9 Å². The summed E-state index contributed by atoms with van der Waals surface area (Å²) in [6.07, 6.45) is 6.76. The van der Waals surface area contributed by atoms with E-state index in [0.717, 1.165) is 5.56 Å². The Kier molecular flexibility index (Phi) is 5.88. The summed E-state index contributed by atoms with van der Waals surface area (Å²) in [4.78, 5) is 15.9.